The summed E-state index contributed by atoms with van der Waals surface area (Å²) in [5, 5.41) is 8.31. The lowest BCUT2D eigenvalue weighted by Crippen LogP contribution is -2.13. The fraction of sp³-hybridized carbons (Fsp3) is 0.125. The summed E-state index contributed by atoms with van der Waals surface area (Å²) in [6.45, 7) is 1.94. The van der Waals surface area contributed by atoms with E-state index in [1.165, 1.54) is 0 Å². The molecule has 4 rings (SSSR count). The van der Waals surface area contributed by atoms with Crippen molar-refractivity contribution in [2.75, 3.05) is 29.6 Å². The number of carbonyl (C=O) groups excluding carboxylic acids is 1. The minimum absolute atomic E-state index is 0.140. The van der Waals surface area contributed by atoms with Crippen LogP contribution in [-0.4, -0.2) is 30.0 Å². The zero-order valence-electron chi connectivity index (χ0n) is 17.2. The van der Waals surface area contributed by atoms with Crippen LogP contribution in [-0.2, 0) is 0 Å². The lowest BCUT2D eigenvalue weighted by Gasteiger charge is -2.14. The molecule has 0 radical (unpaired) electrons. The molecule has 6 nitrogen and oxygen atoms in total. The number of hydrogen-bond acceptors (Lipinski definition) is 5. The molecule has 30 heavy (non-hydrogen) atoms. The highest BCUT2D eigenvalue weighted by atomic mass is 16.1. The fourth-order valence-electron chi connectivity index (χ4n) is 3.14. The van der Waals surface area contributed by atoms with Crippen molar-refractivity contribution in [1.82, 2.24) is 9.97 Å². The van der Waals surface area contributed by atoms with Gasteiger partial charge in [-0.05, 0) is 54.1 Å². The smallest absolute Gasteiger partial charge is 0.255 e. The number of aryl methyl sites for hydroxylation is 1. The molecule has 1 aromatic heterocycles. The lowest BCUT2D eigenvalue weighted by atomic mass is 10.1. The molecular weight excluding hydrogens is 374 g/mol. The van der Waals surface area contributed by atoms with E-state index >= 15 is 0 Å². The van der Waals surface area contributed by atoms with E-state index in [1.54, 1.807) is 0 Å². The van der Waals surface area contributed by atoms with E-state index < -0.39 is 0 Å². The van der Waals surface area contributed by atoms with Gasteiger partial charge in [-0.25, -0.2) is 4.98 Å². The maximum absolute atomic E-state index is 12.6. The number of carbonyl (C=O) groups is 1. The second-order valence-electron chi connectivity index (χ2n) is 7.30. The van der Waals surface area contributed by atoms with Crippen molar-refractivity contribution >= 4 is 39.8 Å². The summed E-state index contributed by atoms with van der Waals surface area (Å²) in [5.41, 5.74) is 3.07. The first-order valence-electron chi connectivity index (χ1n) is 9.68. The summed E-state index contributed by atoms with van der Waals surface area (Å²) in [6, 6.07) is 23.1. The molecule has 1 heterocycles. The van der Waals surface area contributed by atoms with Crippen molar-refractivity contribution in [3.05, 3.63) is 84.1 Å². The van der Waals surface area contributed by atoms with Crippen LogP contribution in [0.4, 0.5) is 23.1 Å². The number of rotatable bonds is 5. The Morgan fingerprint density at radius 2 is 1.53 bits per heavy atom. The van der Waals surface area contributed by atoms with Crippen molar-refractivity contribution in [3.63, 3.8) is 0 Å². The Hall–Kier alpha value is -3.93. The minimum atomic E-state index is -0.140. The molecule has 0 saturated carbocycles. The Morgan fingerprint density at radius 1 is 0.833 bits per heavy atom. The van der Waals surface area contributed by atoms with Gasteiger partial charge in [-0.2, -0.15) is 4.98 Å². The summed E-state index contributed by atoms with van der Waals surface area (Å²) < 4.78 is 0. The molecule has 2 N–H and O–H groups in total. The fourth-order valence-corrected chi connectivity index (χ4v) is 3.14. The van der Waals surface area contributed by atoms with Crippen LogP contribution in [0.3, 0.4) is 0 Å². The lowest BCUT2D eigenvalue weighted by molar-refractivity contribution is 0.102. The molecule has 0 aliphatic rings. The topological polar surface area (TPSA) is 70.2 Å². The van der Waals surface area contributed by atoms with Gasteiger partial charge in [0.05, 0.1) is 0 Å². The van der Waals surface area contributed by atoms with Gasteiger partial charge in [0.1, 0.15) is 5.82 Å². The van der Waals surface area contributed by atoms with Crippen molar-refractivity contribution in [2.45, 2.75) is 6.92 Å². The first kappa shape index (κ1) is 19.4. The monoisotopic (exact) mass is 397 g/mol. The number of amides is 1. The largest absolute Gasteiger partial charge is 0.363 e. The van der Waals surface area contributed by atoms with Crippen LogP contribution < -0.4 is 15.5 Å². The third kappa shape index (κ3) is 4.38. The molecule has 3 aromatic carbocycles. The zero-order valence-corrected chi connectivity index (χ0v) is 17.2. The predicted octanol–water partition coefficient (Wildman–Crippen LogP) is 5.00. The number of anilines is 4. The highest BCUT2D eigenvalue weighted by Gasteiger charge is 2.08. The third-order valence-corrected chi connectivity index (χ3v) is 4.71. The molecule has 0 fully saturated rings. The minimum Gasteiger partial charge on any atom is -0.363 e. The van der Waals surface area contributed by atoms with E-state index in [1.807, 2.05) is 98.7 Å². The molecule has 0 saturated heterocycles. The van der Waals surface area contributed by atoms with Crippen LogP contribution in [0.25, 0.3) is 10.8 Å². The van der Waals surface area contributed by atoms with Crippen molar-refractivity contribution in [1.29, 1.82) is 0 Å². The van der Waals surface area contributed by atoms with Gasteiger partial charge in [0, 0.05) is 42.8 Å². The highest BCUT2D eigenvalue weighted by molar-refractivity contribution is 6.06. The van der Waals surface area contributed by atoms with Gasteiger partial charge < -0.3 is 15.5 Å². The Balaban J connectivity index is 1.46. The summed E-state index contributed by atoms with van der Waals surface area (Å²) in [6.07, 6.45) is 0. The van der Waals surface area contributed by atoms with Crippen LogP contribution in [0.1, 0.15) is 16.1 Å². The van der Waals surface area contributed by atoms with Gasteiger partial charge in [0.15, 0.2) is 0 Å². The number of fused-ring (bicyclic) bond motifs is 1. The van der Waals surface area contributed by atoms with Gasteiger partial charge >= 0.3 is 0 Å². The van der Waals surface area contributed by atoms with Gasteiger partial charge in [0.2, 0.25) is 5.95 Å². The molecule has 0 bridgehead atoms. The van der Waals surface area contributed by atoms with Crippen LogP contribution >= 0.6 is 0 Å². The average molecular weight is 397 g/mol. The van der Waals surface area contributed by atoms with Crippen LogP contribution in [0.5, 0.6) is 0 Å². The normalized spacial score (nSPS) is 10.6. The Morgan fingerprint density at radius 3 is 2.27 bits per heavy atom. The highest BCUT2D eigenvalue weighted by Crippen LogP contribution is 2.21. The number of aromatic nitrogens is 2. The number of benzene rings is 3. The maximum atomic E-state index is 12.6. The SMILES string of the molecule is Cc1cc(N(C)C)nc(Nc2ccc(NC(=O)c3ccc4ccccc4c3)cc2)n1. The molecule has 0 atom stereocenters. The molecule has 0 unspecified atom stereocenters. The van der Waals surface area contributed by atoms with Crippen LogP contribution in [0.15, 0.2) is 72.8 Å². The molecule has 1 amide bonds. The average Bonchev–Trinajstić information content (AvgIpc) is 2.74. The van der Waals surface area contributed by atoms with Crippen molar-refractivity contribution < 1.29 is 4.79 Å². The van der Waals surface area contributed by atoms with Gasteiger partial charge in [-0.15, -0.1) is 0 Å². The van der Waals surface area contributed by atoms with E-state index in [0.717, 1.165) is 33.7 Å². The van der Waals surface area contributed by atoms with E-state index in [0.29, 0.717) is 11.5 Å². The summed E-state index contributed by atoms with van der Waals surface area (Å²) in [7, 11) is 3.89. The van der Waals surface area contributed by atoms with E-state index in [9.17, 15) is 4.79 Å². The first-order chi connectivity index (χ1) is 14.5. The van der Waals surface area contributed by atoms with Gasteiger partial charge in [0.25, 0.3) is 5.91 Å². The molecule has 0 aliphatic carbocycles. The molecule has 0 spiro atoms. The quantitative estimate of drug-likeness (QED) is 0.496. The number of nitrogens with zero attached hydrogens (tertiary/aromatic N) is 3. The standard InChI is InChI=1S/C24H23N5O/c1-16-14-22(29(2)3)28-24(25-16)27-21-12-10-20(11-13-21)26-23(30)19-9-8-17-6-4-5-7-18(17)15-19/h4-15H,1-3H3,(H,26,30)(H,25,27,28). The van der Waals surface area contributed by atoms with Gasteiger partial charge in [-0.3, -0.25) is 4.79 Å². The predicted molar refractivity (Wildman–Crippen MR) is 123 cm³/mol. The molecule has 4 aromatic rings. The molecule has 6 heteroatoms. The van der Waals surface area contributed by atoms with E-state index in [2.05, 4.69) is 20.6 Å². The second kappa shape index (κ2) is 8.21. The Bertz CT molecular complexity index is 1200. The summed E-state index contributed by atoms with van der Waals surface area (Å²) in [4.78, 5) is 23.5. The molecular formula is C24H23N5O. The zero-order chi connectivity index (χ0) is 21.1. The van der Waals surface area contributed by atoms with E-state index in [-0.39, 0.29) is 5.91 Å². The van der Waals surface area contributed by atoms with Gasteiger partial charge in [-0.1, -0.05) is 30.3 Å². The maximum Gasteiger partial charge on any atom is 0.255 e. The number of nitrogens with one attached hydrogen (secondary N) is 2. The Labute approximate surface area is 175 Å². The summed E-state index contributed by atoms with van der Waals surface area (Å²) in [5.74, 6) is 1.23. The van der Waals surface area contributed by atoms with Crippen molar-refractivity contribution in [2.24, 2.45) is 0 Å². The Kier molecular flexibility index (Phi) is 5.30. The molecule has 0 aliphatic heterocycles. The van der Waals surface area contributed by atoms with Crippen molar-refractivity contribution in [3.8, 4) is 0 Å². The number of hydrogen-bond donors (Lipinski definition) is 2. The van der Waals surface area contributed by atoms with Crippen LogP contribution in [0.2, 0.25) is 0 Å². The molecule has 150 valence electrons. The first-order valence-corrected chi connectivity index (χ1v) is 9.68. The summed E-state index contributed by atoms with van der Waals surface area (Å²) >= 11 is 0. The van der Waals surface area contributed by atoms with Crippen LogP contribution in [0, 0.1) is 6.92 Å². The third-order valence-electron chi connectivity index (χ3n) is 4.71. The van der Waals surface area contributed by atoms with E-state index in [4.69, 9.17) is 0 Å². The second-order valence-corrected chi connectivity index (χ2v) is 7.30.